The highest BCUT2D eigenvalue weighted by Gasteiger charge is 2.25. The van der Waals surface area contributed by atoms with E-state index in [2.05, 4.69) is 36.1 Å². The number of thiophene rings is 1. The molecule has 9 heteroatoms. The number of aromatic nitrogens is 3. The molecule has 4 rings (SSSR count). The van der Waals surface area contributed by atoms with E-state index in [1.807, 2.05) is 19.1 Å². The summed E-state index contributed by atoms with van der Waals surface area (Å²) in [5.41, 5.74) is 2.11. The van der Waals surface area contributed by atoms with Crippen LogP contribution >= 0.6 is 11.3 Å². The minimum absolute atomic E-state index is 0.00599. The number of aromatic amines is 1. The van der Waals surface area contributed by atoms with E-state index in [0.717, 1.165) is 4.88 Å². The lowest BCUT2D eigenvalue weighted by molar-refractivity contribution is 0.0306. The van der Waals surface area contributed by atoms with Gasteiger partial charge in [0.2, 0.25) is 0 Å². The van der Waals surface area contributed by atoms with Gasteiger partial charge >= 0.3 is 0 Å². The predicted molar refractivity (Wildman–Crippen MR) is 120 cm³/mol. The van der Waals surface area contributed by atoms with Crippen LogP contribution in [0.4, 0.5) is 0 Å². The molecule has 1 aliphatic heterocycles. The van der Waals surface area contributed by atoms with Crippen molar-refractivity contribution in [2.24, 2.45) is 5.41 Å². The van der Waals surface area contributed by atoms with Gasteiger partial charge in [-0.25, -0.2) is 9.97 Å². The maximum Gasteiger partial charge on any atom is 0.264 e. The van der Waals surface area contributed by atoms with Crippen molar-refractivity contribution in [1.29, 1.82) is 0 Å². The molecule has 1 fully saturated rings. The van der Waals surface area contributed by atoms with Crippen molar-refractivity contribution < 1.29 is 14.3 Å². The Bertz CT molecular complexity index is 1110. The SMILES string of the molecule is CC(NC(=O)c1c[nH]c2ncc(-c3ccc(C(=O)N4CCOCC4)s3)nc12)C(C)(C)C. The molecule has 31 heavy (non-hydrogen) atoms. The molecule has 2 amide bonds. The summed E-state index contributed by atoms with van der Waals surface area (Å²) in [6, 6.07) is 3.69. The van der Waals surface area contributed by atoms with E-state index in [1.54, 1.807) is 17.3 Å². The fraction of sp³-hybridized carbons (Fsp3) is 0.455. The number of hydrogen-bond acceptors (Lipinski definition) is 6. The predicted octanol–water partition coefficient (Wildman–Crippen LogP) is 3.32. The van der Waals surface area contributed by atoms with E-state index in [-0.39, 0.29) is 23.3 Å². The number of nitrogens with zero attached hydrogens (tertiary/aromatic N) is 3. The van der Waals surface area contributed by atoms with Crippen molar-refractivity contribution >= 4 is 34.3 Å². The molecular weight excluding hydrogens is 414 g/mol. The summed E-state index contributed by atoms with van der Waals surface area (Å²) in [6.07, 6.45) is 3.30. The molecule has 1 unspecified atom stereocenters. The molecule has 0 bridgehead atoms. The molecule has 1 aliphatic rings. The zero-order chi connectivity index (χ0) is 22.2. The van der Waals surface area contributed by atoms with E-state index in [0.29, 0.717) is 53.6 Å². The molecule has 2 N–H and O–H groups in total. The molecule has 0 radical (unpaired) electrons. The van der Waals surface area contributed by atoms with Gasteiger partial charge in [-0.2, -0.15) is 0 Å². The average Bonchev–Trinajstić information content (AvgIpc) is 3.40. The number of carbonyl (C=O) groups is 2. The Morgan fingerprint density at radius 1 is 1.26 bits per heavy atom. The first-order chi connectivity index (χ1) is 14.7. The van der Waals surface area contributed by atoms with E-state index in [1.165, 1.54) is 11.3 Å². The van der Waals surface area contributed by atoms with Crippen molar-refractivity contribution in [2.75, 3.05) is 26.3 Å². The minimum atomic E-state index is -0.186. The molecule has 8 nitrogen and oxygen atoms in total. The second kappa shape index (κ2) is 8.39. The molecule has 0 spiro atoms. The largest absolute Gasteiger partial charge is 0.378 e. The van der Waals surface area contributed by atoms with Crippen LogP contribution in [0, 0.1) is 5.41 Å². The van der Waals surface area contributed by atoms with E-state index in [4.69, 9.17) is 9.72 Å². The monoisotopic (exact) mass is 441 g/mol. The van der Waals surface area contributed by atoms with E-state index in [9.17, 15) is 9.59 Å². The van der Waals surface area contributed by atoms with Gasteiger partial charge in [0.05, 0.1) is 40.4 Å². The van der Waals surface area contributed by atoms with Crippen molar-refractivity contribution in [2.45, 2.75) is 33.7 Å². The van der Waals surface area contributed by atoms with Crippen molar-refractivity contribution in [3.8, 4) is 10.6 Å². The number of amides is 2. The number of fused-ring (bicyclic) bond motifs is 1. The molecule has 0 aliphatic carbocycles. The smallest absolute Gasteiger partial charge is 0.264 e. The molecule has 1 saturated heterocycles. The third-order valence-corrected chi connectivity index (χ3v) is 6.74. The van der Waals surface area contributed by atoms with Crippen LogP contribution in [0.2, 0.25) is 0 Å². The minimum Gasteiger partial charge on any atom is -0.378 e. The van der Waals surface area contributed by atoms with Gasteiger partial charge in [-0.05, 0) is 24.5 Å². The molecule has 164 valence electrons. The average molecular weight is 442 g/mol. The van der Waals surface area contributed by atoms with Gasteiger partial charge < -0.3 is 19.9 Å². The number of morpholine rings is 1. The van der Waals surface area contributed by atoms with Crippen LogP contribution in [0.1, 0.15) is 47.7 Å². The van der Waals surface area contributed by atoms with Gasteiger partial charge in [-0.1, -0.05) is 20.8 Å². The second-order valence-corrected chi connectivity index (χ2v) is 9.87. The number of carbonyl (C=O) groups excluding carboxylic acids is 2. The van der Waals surface area contributed by atoms with E-state index >= 15 is 0 Å². The molecule has 3 aromatic rings. The molecule has 1 atom stereocenters. The topological polar surface area (TPSA) is 100 Å². The number of ether oxygens (including phenoxy) is 1. The third kappa shape index (κ3) is 4.47. The van der Waals surface area contributed by atoms with Crippen molar-refractivity contribution in [1.82, 2.24) is 25.2 Å². The van der Waals surface area contributed by atoms with Crippen molar-refractivity contribution in [3.05, 3.63) is 35.0 Å². The fourth-order valence-corrected chi connectivity index (χ4v) is 4.12. The Morgan fingerprint density at radius 2 is 2.00 bits per heavy atom. The summed E-state index contributed by atoms with van der Waals surface area (Å²) in [6.45, 7) is 10.6. The maximum atomic E-state index is 12.8. The number of hydrogen-bond donors (Lipinski definition) is 2. The van der Waals surface area contributed by atoms with Gasteiger partial charge in [0.1, 0.15) is 5.52 Å². The standard InChI is InChI=1S/C22H27N5O3S/c1-13(22(2,3)4)25-20(28)14-11-23-19-18(14)26-15(12-24-19)16-5-6-17(31-16)21(29)27-7-9-30-10-8-27/h5-6,11-13H,7-10H2,1-4H3,(H,23,24)(H,25,28). The maximum absolute atomic E-state index is 12.8. The second-order valence-electron chi connectivity index (χ2n) is 8.78. The molecule has 3 aromatic heterocycles. The first-order valence-corrected chi connectivity index (χ1v) is 11.2. The summed E-state index contributed by atoms with van der Waals surface area (Å²) in [4.78, 5) is 41.0. The van der Waals surface area contributed by atoms with Crippen LogP contribution in [0.3, 0.4) is 0 Å². The number of nitrogens with one attached hydrogen (secondary N) is 2. The zero-order valence-corrected chi connectivity index (χ0v) is 19.0. The molecular formula is C22H27N5O3S. The number of H-pyrrole nitrogens is 1. The summed E-state index contributed by atoms with van der Waals surface area (Å²) in [5.74, 6) is -0.180. The van der Waals surface area contributed by atoms with Crippen molar-refractivity contribution in [3.63, 3.8) is 0 Å². The van der Waals surface area contributed by atoms with Crippen LogP contribution < -0.4 is 5.32 Å². The van der Waals surface area contributed by atoms with Gasteiger partial charge in [-0.15, -0.1) is 11.3 Å². The highest BCUT2D eigenvalue weighted by Crippen LogP contribution is 2.29. The lowest BCUT2D eigenvalue weighted by Gasteiger charge is -2.27. The lowest BCUT2D eigenvalue weighted by Crippen LogP contribution is -2.41. The van der Waals surface area contributed by atoms with Gasteiger partial charge in [0.25, 0.3) is 11.8 Å². The summed E-state index contributed by atoms with van der Waals surface area (Å²) < 4.78 is 5.32. The quantitative estimate of drug-likeness (QED) is 0.647. The summed E-state index contributed by atoms with van der Waals surface area (Å²) in [7, 11) is 0. The lowest BCUT2D eigenvalue weighted by atomic mass is 9.88. The summed E-state index contributed by atoms with van der Waals surface area (Å²) in [5, 5.41) is 3.04. The number of rotatable bonds is 4. The van der Waals surface area contributed by atoms with Crippen LogP contribution in [0.5, 0.6) is 0 Å². The van der Waals surface area contributed by atoms with Gasteiger partial charge in [-0.3, -0.25) is 9.59 Å². The van der Waals surface area contributed by atoms with Crippen LogP contribution in [-0.4, -0.2) is 64.0 Å². The normalized spacial score (nSPS) is 15.8. The Kier molecular flexibility index (Phi) is 5.81. The molecule has 0 aromatic carbocycles. The first kappa shape index (κ1) is 21.5. The zero-order valence-electron chi connectivity index (χ0n) is 18.2. The Balaban J connectivity index is 1.58. The van der Waals surface area contributed by atoms with Crippen LogP contribution in [-0.2, 0) is 4.74 Å². The highest BCUT2D eigenvalue weighted by atomic mass is 32.1. The van der Waals surface area contributed by atoms with Gasteiger partial charge in [0.15, 0.2) is 5.65 Å². The molecule has 4 heterocycles. The molecule has 0 saturated carbocycles. The summed E-state index contributed by atoms with van der Waals surface area (Å²) >= 11 is 1.38. The van der Waals surface area contributed by atoms with E-state index < -0.39 is 0 Å². The Morgan fingerprint density at radius 3 is 2.71 bits per heavy atom. The highest BCUT2D eigenvalue weighted by molar-refractivity contribution is 7.17. The third-order valence-electron chi connectivity index (χ3n) is 5.64. The van der Waals surface area contributed by atoms with Gasteiger partial charge in [0, 0.05) is 25.3 Å². The Hall–Kier alpha value is -2.78. The Labute approximate surface area is 185 Å². The first-order valence-electron chi connectivity index (χ1n) is 10.4. The van der Waals surface area contributed by atoms with Crippen LogP contribution in [0.15, 0.2) is 24.5 Å². The van der Waals surface area contributed by atoms with Crippen LogP contribution in [0.25, 0.3) is 21.7 Å². The fourth-order valence-electron chi connectivity index (χ4n) is 3.19.